The molecule has 4 nitrogen and oxygen atoms in total. The molecular formula is C10H7Cl2N3O. The molecule has 0 aliphatic heterocycles. The van der Waals surface area contributed by atoms with Crippen molar-refractivity contribution in [3.05, 3.63) is 46.2 Å². The van der Waals surface area contributed by atoms with E-state index in [1.165, 1.54) is 16.9 Å². The molecular weight excluding hydrogens is 249 g/mol. The number of hydrogen-bond donors (Lipinski definition) is 1. The predicted octanol–water partition coefficient (Wildman–Crippen LogP) is 2.28. The van der Waals surface area contributed by atoms with Gasteiger partial charge in [-0.05, 0) is 24.3 Å². The van der Waals surface area contributed by atoms with Gasteiger partial charge in [0.15, 0.2) is 0 Å². The normalized spacial score (nSPS) is 10.4. The Morgan fingerprint density at radius 1 is 1.31 bits per heavy atom. The van der Waals surface area contributed by atoms with E-state index in [1.54, 1.807) is 18.2 Å². The molecule has 0 spiro atoms. The molecule has 1 aromatic carbocycles. The highest BCUT2D eigenvalue weighted by Crippen LogP contribution is 2.24. The van der Waals surface area contributed by atoms with Crippen molar-refractivity contribution in [1.29, 1.82) is 0 Å². The van der Waals surface area contributed by atoms with Crippen molar-refractivity contribution in [1.82, 2.24) is 9.78 Å². The van der Waals surface area contributed by atoms with Gasteiger partial charge in [0.1, 0.15) is 5.69 Å². The highest BCUT2D eigenvalue weighted by Gasteiger charge is 2.12. The van der Waals surface area contributed by atoms with Gasteiger partial charge >= 0.3 is 0 Å². The quantitative estimate of drug-likeness (QED) is 0.895. The van der Waals surface area contributed by atoms with E-state index >= 15 is 0 Å². The van der Waals surface area contributed by atoms with Crippen molar-refractivity contribution in [2.45, 2.75) is 0 Å². The number of carbonyl (C=O) groups is 1. The number of hydrogen-bond acceptors (Lipinski definition) is 2. The first-order chi connectivity index (χ1) is 7.59. The van der Waals surface area contributed by atoms with Crippen LogP contribution >= 0.6 is 23.2 Å². The SMILES string of the molecule is NC(=O)c1ccnn1-c1cc(Cl)ccc1Cl. The summed E-state index contributed by atoms with van der Waals surface area (Å²) < 4.78 is 1.36. The molecule has 0 saturated carbocycles. The average Bonchev–Trinajstić information content (AvgIpc) is 2.70. The summed E-state index contributed by atoms with van der Waals surface area (Å²) in [7, 11) is 0. The second kappa shape index (κ2) is 4.15. The molecule has 2 N–H and O–H groups in total. The molecule has 0 fully saturated rings. The van der Waals surface area contributed by atoms with Gasteiger partial charge < -0.3 is 5.73 Å². The summed E-state index contributed by atoms with van der Waals surface area (Å²) in [4.78, 5) is 11.1. The van der Waals surface area contributed by atoms with Gasteiger partial charge in [-0.1, -0.05) is 23.2 Å². The third-order valence-electron chi connectivity index (χ3n) is 2.03. The molecule has 0 aliphatic carbocycles. The first-order valence-corrected chi connectivity index (χ1v) is 5.14. The van der Waals surface area contributed by atoms with E-state index < -0.39 is 5.91 Å². The molecule has 16 heavy (non-hydrogen) atoms. The molecule has 0 unspecified atom stereocenters. The van der Waals surface area contributed by atoms with E-state index in [9.17, 15) is 4.79 Å². The monoisotopic (exact) mass is 255 g/mol. The number of amides is 1. The van der Waals surface area contributed by atoms with Gasteiger partial charge in [-0.3, -0.25) is 4.79 Å². The number of carbonyl (C=O) groups excluding carboxylic acids is 1. The van der Waals surface area contributed by atoms with Crippen LogP contribution < -0.4 is 5.73 Å². The number of primary amides is 1. The van der Waals surface area contributed by atoms with Crippen LogP contribution in [0.5, 0.6) is 0 Å². The Hall–Kier alpha value is -1.52. The smallest absolute Gasteiger partial charge is 0.267 e. The molecule has 0 atom stereocenters. The van der Waals surface area contributed by atoms with Crippen molar-refractivity contribution in [3.8, 4) is 5.69 Å². The Bertz CT molecular complexity index is 551. The summed E-state index contributed by atoms with van der Waals surface area (Å²) in [5.74, 6) is -0.575. The molecule has 0 bridgehead atoms. The molecule has 1 amide bonds. The lowest BCUT2D eigenvalue weighted by molar-refractivity contribution is 0.0993. The van der Waals surface area contributed by atoms with E-state index in [1.807, 2.05) is 0 Å². The summed E-state index contributed by atoms with van der Waals surface area (Å²) in [6, 6.07) is 6.41. The fourth-order valence-electron chi connectivity index (χ4n) is 1.33. The van der Waals surface area contributed by atoms with Gasteiger partial charge in [-0.15, -0.1) is 0 Å². The summed E-state index contributed by atoms with van der Waals surface area (Å²) in [6.07, 6.45) is 1.47. The first-order valence-electron chi connectivity index (χ1n) is 4.39. The van der Waals surface area contributed by atoms with Crippen molar-refractivity contribution in [2.24, 2.45) is 5.73 Å². The van der Waals surface area contributed by atoms with Gasteiger partial charge in [0.05, 0.1) is 16.9 Å². The van der Waals surface area contributed by atoms with E-state index in [0.29, 0.717) is 15.7 Å². The molecule has 82 valence electrons. The molecule has 0 radical (unpaired) electrons. The molecule has 0 saturated heterocycles. The largest absolute Gasteiger partial charge is 0.364 e. The van der Waals surface area contributed by atoms with Gasteiger partial charge in [0.25, 0.3) is 5.91 Å². The van der Waals surface area contributed by atoms with Crippen LogP contribution in [-0.2, 0) is 0 Å². The zero-order valence-corrected chi connectivity index (χ0v) is 9.53. The van der Waals surface area contributed by atoms with Gasteiger partial charge in [0, 0.05) is 5.02 Å². The Kier molecular flexibility index (Phi) is 2.85. The highest BCUT2D eigenvalue weighted by molar-refractivity contribution is 6.34. The third kappa shape index (κ3) is 1.89. The van der Waals surface area contributed by atoms with Gasteiger partial charge in [-0.2, -0.15) is 5.10 Å². The minimum Gasteiger partial charge on any atom is -0.364 e. The Morgan fingerprint density at radius 3 is 2.75 bits per heavy atom. The van der Waals surface area contributed by atoms with E-state index in [4.69, 9.17) is 28.9 Å². The number of rotatable bonds is 2. The molecule has 2 rings (SSSR count). The Balaban J connectivity index is 2.62. The molecule has 1 aromatic heterocycles. The van der Waals surface area contributed by atoms with Crippen LogP contribution in [0.4, 0.5) is 0 Å². The molecule has 2 aromatic rings. The minimum atomic E-state index is -0.575. The van der Waals surface area contributed by atoms with Crippen LogP contribution in [0.25, 0.3) is 5.69 Å². The van der Waals surface area contributed by atoms with Crippen LogP contribution in [0.15, 0.2) is 30.5 Å². The predicted molar refractivity (Wildman–Crippen MR) is 62.1 cm³/mol. The van der Waals surface area contributed by atoms with Crippen molar-refractivity contribution >= 4 is 29.1 Å². The zero-order valence-electron chi connectivity index (χ0n) is 8.02. The maximum absolute atomic E-state index is 11.1. The summed E-state index contributed by atoms with van der Waals surface area (Å²) >= 11 is 11.8. The van der Waals surface area contributed by atoms with Crippen LogP contribution in [0.2, 0.25) is 10.0 Å². The van der Waals surface area contributed by atoms with Crippen LogP contribution in [0, 0.1) is 0 Å². The summed E-state index contributed by atoms with van der Waals surface area (Å²) in [5, 5.41) is 4.93. The van der Waals surface area contributed by atoms with Crippen LogP contribution in [0.3, 0.4) is 0 Å². The third-order valence-corrected chi connectivity index (χ3v) is 2.59. The molecule has 6 heteroatoms. The number of nitrogens with two attached hydrogens (primary N) is 1. The van der Waals surface area contributed by atoms with E-state index in [-0.39, 0.29) is 5.69 Å². The average molecular weight is 256 g/mol. The van der Waals surface area contributed by atoms with E-state index in [0.717, 1.165) is 0 Å². The van der Waals surface area contributed by atoms with Crippen LogP contribution in [0.1, 0.15) is 10.5 Å². The zero-order chi connectivity index (χ0) is 11.7. The minimum absolute atomic E-state index is 0.254. The summed E-state index contributed by atoms with van der Waals surface area (Å²) in [5.41, 5.74) is 5.98. The number of benzene rings is 1. The second-order valence-electron chi connectivity index (χ2n) is 3.09. The molecule has 1 heterocycles. The highest BCUT2D eigenvalue weighted by atomic mass is 35.5. The maximum Gasteiger partial charge on any atom is 0.267 e. The number of nitrogens with zero attached hydrogens (tertiary/aromatic N) is 2. The van der Waals surface area contributed by atoms with Crippen molar-refractivity contribution in [2.75, 3.05) is 0 Å². The first kappa shape index (κ1) is 11.0. The fraction of sp³-hybridized carbons (Fsp3) is 0. The second-order valence-corrected chi connectivity index (χ2v) is 3.93. The fourth-order valence-corrected chi connectivity index (χ4v) is 1.69. The topological polar surface area (TPSA) is 60.9 Å². The van der Waals surface area contributed by atoms with Crippen molar-refractivity contribution < 1.29 is 4.79 Å². The van der Waals surface area contributed by atoms with Gasteiger partial charge in [0.2, 0.25) is 0 Å². The maximum atomic E-state index is 11.1. The van der Waals surface area contributed by atoms with Crippen LogP contribution in [-0.4, -0.2) is 15.7 Å². The Morgan fingerprint density at radius 2 is 2.06 bits per heavy atom. The lowest BCUT2D eigenvalue weighted by Gasteiger charge is -2.07. The van der Waals surface area contributed by atoms with Crippen molar-refractivity contribution in [3.63, 3.8) is 0 Å². The Labute approximate surface area is 102 Å². The number of halogens is 2. The van der Waals surface area contributed by atoms with E-state index in [2.05, 4.69) is 5.10 Å². The number of aromatic nitrogens is 2. The van der Waals surface area contributed by atoms with Gasteiger partial charge in [-0.25, -0.2) is 4.68 Å². The summed E-state index contributed by atoms with van der Waals surface area (Å²) in [6.45, 7) is 0. The molecule has 0 aliphatic rings. The lowest BCUT2D eigenvalue weighted by atomic mass is 10.3. The standard InChI is InChI=1S/C10H7Cl2N3O/c11-6-1-2-7(12)9(5-6)15-8(10(13)16)3-4-14-15/h1-5H,(H2,13,16). The lowest BCUT2D eigenvalue weighted by Crippen LogP contribution is -2.16.